The lowest BCUT2D eigenvalue weighted by atomic mass is 9.93. The number of nitrogens with one attached hydrogen (secondary N) is 2. The second kappa shape index (κ2) is 8.49. The average Bonchev–Trinajstić information content (AvgIpc) is 3.00. The molecule has 0 amide bonds. The van der Waals surface area contributed by atoms with Gasteiger partial charge in [-0.05, 0) is 24.1 Å². The molecule has 2 rings (SSSR count). The van der Waals surface area contributed by atoms with Gasteiger partial charge in [-0.15, -0.1) is 11.3 Å². The predicted octanol–water partition coefficient (Wildman–Crippen LogP) is 4.00. The van der Waals surface area contributed by atoms with Crippen LogP contribution in [0, 0.1) is 0 Å². The Morgan fingerprint density at radius 2 is 2.08 bits per heavy atom. The van der Waals surface area contributed by atoms with Crippen molar-refractivity contribution in [1.82, 2.24) is 15.6 Å². The van der Waals surface area contributed by atoms with Crippen molar-refractivity contribution in [3.05, 3.63) is 50.9 Å². The van der Waals surface area contributed by atoms with Crippen LogP contribution in [0.25, 0.3) is 0 Å². The number of rotatable bonds is 5. The van der Waals surface area contributed by atoms with Crippen molar-refractivity contribution in [3.63, 3.8) is 0 Å². The van der Waals surface area contributed by atoms with Gasteiger partial charge >= 0.3 is 0 Å². The van der Waals surface area contributed by atoms with Gasteiger partial charge in [0.1, 0.15) is 5.01 Å². The lowest BCUT2D eigenvalue weighted by molar-refractivity contribution is 0.570. The first-order chi connectivity index (χ1) is 11.4. The highest BCUT2D eigenvalue weighted by Gasteiger charge is 2.17. The second-order valence-electron chi connectivity index (χ2n) is 6.61. The molecule has 24 heavy (non-hydrogen) atoms. The van der Waals surface area contributed by atoms with E-state index in [9.17, 15) is 0 Å². The number of halogens is 1. The number of hydrogen-bond donors (Lipinski definition) is 2. The normalized spacial score (nSPS) is 12.3. The molecule has 0 aliphatic heterocycles. The molecule has 0 radical (unpaired) electrons. The van der Waals surface area contributed by atoms with Gasteiger partial charge in [0.2, 0.25) is 0 Å². The average molecular weight is 365 g/mol. The quantitative estimate of drug-likeness (QED) is 0.622. The molecule has 0 saturated heterocycles. The summed E-state index contributed by atoms with van der Waals surface area (Å²) >= 11 is 7.68. The number of thiazole rings is 1. The Bertz CT molecular complexity index is 688. The molecular weight excluding hydrogens is 340 g/mol. The molecule has 2 N–H and O–H groups in total. The molecule has 1 aromatic heterocycles. The first-order valence-corrected chi connectivity index (χ1v) is 9.28. The molecule has 4 nitrogen and oxygen atoms in total. The van der Waals surface area contributed by atoms with E-state index in [0.29, 0.717) is 6.54 Å². The number of guanidine groups is 1. The van der Waals surface area contributed by atoms with E-state index >= 15 is 0 Å². The largest absolute Gasteiger partial charge is 0.356 e. The maximum atomic E-state index is 6.00. The summed E-state index contributed by atoms with van der Waals surface area (Å²) in [6.07, 6.45) is 0.896. The zero-order valence-electron chi connectivity index (χ0n) is 14.7. The molecule has 1 heterocycles. The highest BCUT2D eigenvalue weighted by atomic mass is 35.5. The van der Waals surface area contributed by atoms with Crippen molar-refractivity contribution in [2.75, 3.05) is 13.6 Å². The highest BCUT2D eigenvalue weighted by molar-refractivity contribution is 7.09. The third kappa shape index (κ3) is 5.80. The molecule has 130 valence electrons. The van der Waals surface area contributed by atoms with E-state index in [0.717, 1.165) is 34.6 Å². The summed E-state index contributed by atoms with van der Waals surface area (Å²) in [6, 6.07) is 7.93. The number of hydrogen-bond acceptors (Lipinski definition) is 3. The van der Waals surface area contributed by atoms with Gasteiger partial charge in [0.25, 0.3) is 0 Å². The van der Waals surface area contributed by atoms with Crippen molar-refractivity contribution in [2.45, 2.75) is 39.2 Å². The van der Waals surface area contributed by atoms with E-state index in [4.69, 9.17) is 11.6 Å². The SMILES string of the molecule is CN=C(NCCc1cccc(Cl)c1)NCc1nc(C(C)(C)C)cs1. The van der Waals surface area contributed by atoms with E-state index in [1.807, 2.05) is 18.2 Å². The minimum absolute atomic E-state index is 0.0889. The zero-order valence-corrected chi connectivity index (χ0v) is 16.3. The Morgan fingerprint density at radius 3 is 2.71 bits per heavy atom. The van der Waals surface area contributed by atoms with Crippen LogP contribution in [0.15, 0.2) is 34.6 Å². The fourth-order valence-electron chi connectivity index (χ4n) is 2.13. The number of benzene rings is 1. The number of nitrogens with zero attached hydrogens (tertiary/aromatic N) is 2. The van der Waals surface area contributed by atoms with Gasteiger partial charge < -0.3 is 10.6 Å². The molecule has 1 aromatic carbocycles. The van der Waals surface area contributed by atoms with Gasteiger partial charge in [-0.25, -0.2) is 4.98 Å². The Kier molecular flexibility index (Phi) is 6.63. The van der Waals surface area contributed by atoms with Gasteiger partial charge in [0.15, 0.2) is 5.96 Å². The summed E-state index contributed by atoms with van der Waals surface area (Å²) in [7, 11) is 1.77. The summed E-state index contributed by atoms with van der Waals surface area (Å²) in [5, 5.41) is 10.6. The maximum absolute atomic E-state index is 6.00. The lowest BCUT2D eigenvalue weighted by Gasteiger charge is -2.14. The molecule has 0 saturated carbocycles. The second-order valence-corrected chi connectivity index (χ2v) is 7.99. The fraction of sp³-hybridized carbons (Fsp3) is 0.444. The zero-order chi connectivity index (χ0) is 17.6. The summed E-state index contributed by atoms with van der Waals surface area (Å²) in [5.74, 6) is 0.782. The third-order valence-corrected chi connectivity index (χ3v) is 4.63. The van der Waals surface area contributed by atoms with Gasteiger partial charge in [0.05, 0.1) is 12.2 Å². The Labute approximate surface area is 153 Å². The summed E-state index contributed by atoms with van der Waals surface area (Å²) < 4.78 is 0. The van der Waals surface area contributed by atoms with E-state index in [2.05, 4.69) is 52.8 Å². The van der Waals surface area contributed by atoms with Crippen LogP contribution in [0.3, 0.4) is 0 Å². The minimum atomic E-state index is 0.0889. The topological polar surface area (TPSA) is 49.3 Å². The van der Waals surface area contributed by atoms with Gasteiger partial charge in [-0.2, -0.15) is 0 Å². The van der Waals surface area contributed by atoms with Crippen LogP contribution in [0.1, 0.15) is 37.0 Å². The molecule has 0 unspecified atom stereocenters. The smallest absolute Gasteiger partial charge is 0.191 e. The summed E-state index contributed by atoms with van der Waals surface area (Å²) in [5.41, 5.74) is 2.43. The lowest BCUT2D eigenvalue weighted by Crippen LogP contribution is -2.37. The Balaban J connectivity index is 1.79. The monoisotopic (exact) mass is 364 g/mol. The maximum Gasteiger partial charge on any atom is 0.191 e. The van der Waals surface area contributed by atoms with Crippen molar-refractivity contribution >= 4 is 28.9 Å². The summed E-state index contributed by atoms with van der Waals surface area (Å²) in [6.45, 7) is 8.00. The minimum Gasteiger partial charge on any atom is -0.356 e. The van der Waals surface area contributed by atoms with E-state index in [-0.39, 0.29) is 5.41 Å². The van der Waals surface area contributed by atoms with Gasteiger partial charge in [-0.3, -0.25) is 4.99 Å². The molecule has 2 aromatic rings. The number of aromatic nitrogens is 1. The number of aliphatic imine (C=N–C) groups is 1. The Hall–Kier alpha value is -1.59. The first-order valence-electron chi connectivity index (χ1n) is 8.02. The van der Waals surface area contributed by atoms with Crippen molar-refractivity contribution in [3.8, 4) is 0 Å². The van der Waals surface area contributed by atoms with Crippen LogP contribution in [0.5, 0.6) is 0 Å². The molecule has 6 heteroatoms. The molecular formula is C18H25ClN4S. The van der Waals surface area contributed by atoms with Crippen LogP contribution >= 0.6 is 22.9 Å². The fourth-order valence-corrected chi connectivity index (χ4v) is 3.31. The van der Waals surface area contributed by atoms with Crippen molar-refractivity contribution in [1.29, 1.82) is 0 Å². The van der Waals surface area contributed by atoms with E-state index in [1.165, 1.54) is 5.56 Å². The van der Waals surface area contributed by atoms with E-state index < -0.39 is 0 Å². The molecule has 0 atom stereocenters. The van der Waals surface area contributed by atoms with Gasteiger partial charge in [-0.1, -0.05) is 44.5 Å². The molecule has 0 bridgehead atoms. The highest BCUT2D eigenvalue weighted by Crippen LogP contribution is 2.23. The molecule has 0 fully saturated rings. The van der Waals surface area contributed by atoms with Gasteiger partial charge in [0, 0.05) is 29.4 Å². The third-order valence-electron chi connectivity index (χ3n) is 3.55. The van der Waals surface area contributed by atoms with Crippen LogP contribution in [0.4, 0.5) is 0 Å². The van der Waals surface area contributed by atoms with Crippen molar-refractivity contribution < 1.29 is 0 Å². The predicted molar refractivity (Wildman–Crippen MR) is 104 cm³/mol. The van der Waals surface area contributed by atoms with Crippen molar-refractivity contribution in [2.24, 2.45) is 4.99 Å². The standard InChI is InChI=1S/C18H25ClN4S/c1-18(2,3)15-12-24-16(23-15)11-22-17(20-4)21-9-8-13-6-5-7-14(19)10-13/h5-7,10,12H,8-9,11H2,1-4H3,(H2,20,21,22). The summed E-state index contributed by atoms with van der Waals surface area (Å²) in [4.78, 5) is 8.94. The van der Waals surface area contributed by atoms with Crippen LogP contribution < -0.4 is 10.6 Å². The van der Waals surface area contributed by atoms with Crippen LogP contribution in [-0.4, -0.2) is 24.5 Å². The van der Waals surface area contributed by atoms with E-state index in [1.54, 1.807) is 18.4 Å². The molecule has 0 aliphatic carbocycles. The van der Waals surface area contributed by atoms with Crippen LogP contribution in [0.2, 0.25) is 5.02 Å². The van der Waals surface area contributed by atoms with Crippen LogP contribution in [-0.2, 0) is 18.4 Å². The molecule has 0 aliphatic rings. The first kappa shape index (κ1) is 18.7. The molecule has 0 spiro atoms. The Morgan fingerprint density at radius 1 is 1.29 bits per heavy atom.